The van der Waals surface area contributed by atoms with Gasteiger partial charge < -0.3 is 19.7 Å². The van der Waals surface area contributed by atoms with E-state index >= 15 is 0 Å². The first-order valence-corrected chi connectivity index (χ1v) is 6.86. The molecule has 1 unspecified atom stereocenters. The maximum atomic E-state index is 5.63. The number of nitrogens with one attached hydrogen (secondary N) is 1. The molecule has 19 heavy (non-hydrogen) atoms. The predicted octanol–water partition coefficient (Wildman–Crippen LogP) is 2.35. The van der Waals surface area contributed by atoms with Gasteiger partial charge in [0.15, 0.2) is 0 Å². The zero-order valence-electron chi connectivity index (χ0n) is 12.1. The van der Waals surface area contributed by atoms with Gasteiger partial charge in [0.2, 0.25) is 0 Å². The largest absolute Gasteiger partial charge is 0.495 e. The molecule has 1 fully saturated rings. The summed E-state index contributed by atoms with van der Waals surface area (Å²) in [6, 6.07) is 6.29. The van der Waals surface area contributed by atoms with E-state index in [0.29, 0.717) is 6.10 Å². The Morgan fingerprint density at radius 2 is 2.26 bits per heavy atom. The van der Waals surface area contributed by atoms with Crippen LogP contribution in [-0.2, 0) is 11.3 Å². The van der Waals surface area contributed by atoms with Crippen molar-refractivity contribution in [1.82, 2.24) is 4.90 Å². The van der Waals surface area contributed by atoms with E-state index < -0.39 is 0 Å². The molecule has 1 saturated heterocycles. The number of nitrogens with zero attached hydrogens (tertiary/aromatic N) is 1. The van der Waals surface area contributed by atoms with Gasteiger partial charge in [-0.1, -0.05) is 6.07 Å². The second kappa shape index (κ2) is 6.78. The van der Waals surface area contributed by atoms with Gasteiger partial charge in [0.05, 0.1) is 18.9 Å². The molecule has 0 saturated carbocycles. The van der Waals surface area contributed by atoms with E-state index in [1.807, 2.05) is 6.07 Å². The highest BCUT2D eigenvalue weighted by Crippen LogP contribution is 2.26. The van der Waals surface area contributed by atoms with Crippen molar-refractivity contribution in [2.45, 2.75) is 25.5 Å². The van der Waals surface area contributed by atoms with Crippen LogP contribution in [0.2, 0.25) is 0 Å². The fourth-order valence-corrected chi connectivity index (χ4v) is 2.39. The highest BCUT2D eigenvalue weighted by atomic mass is 16.5. The van der Waals surface area contributed by atoms with Crippen LogP contribution in [0.25, 0.3) is 0 Å². The zero-order chi connectivity index (χ0) is 13.7. The summed E-state index contributed by atoms with van der Waals surface area (Å²) in [5.41, 5.74) is 2.33. The lowest BCUT2D eigenvalue weighted by Gasteiger charge is -2.17. The summed E-state index contributed by atoms with van der Waals surface area (Å²) >= 11 is 0. The molecular weight excluding hydrogens is 240 g/mol. The van der Waals surface area contributed by atoms with Crippen LogP contribution in [0.3, 0.4) is 0 Å². The first-order valence-electron chi connectivity index (χ1n) is 6.86. The van der Waals surface area contributed by atoms with Crippen LogP contribution < -0.4 is 10.1 Å². The van der Waals surface area contributed by atoms with E-state index in [-0.39, 0.29) is 0 Å². The third kappa shape index (κ3) is 4.11. The third-order valence-electron chi connectivity index (χ3n) is 3.31. The Morgan fingerprint density at radius 1 is 1.42 bits per heavy atom. The average Bonchev–Trinajstić information content (AvgIpc) is 2.89. The molecule has 1 aromatic carbocycles. The molecule has 0 aromatic heterocycles. The Morgan fingerprint density at radius 3 is 2.89 bits per heavy atom. The molecule has 1 heterocycles. The number of hydrogen-bond donors (Lipinski definition) is 1. The Bertz CT molecular complexity index is 401. The van der Waals surface area contributed by atoms with Gasteiger partial charge in [0.25, 0.3) is 0 Å². The number of anilines is 1. The second-order valence-corrected chi connectivity index (χ2v) is 5.29. The van der Waals surface area contributed by atoms with Crippen LogP contribution in [0.1, 0.15) is 18.4 Å². The molecule has 0 spiro atoms. The minimum atomic E-state index is 0.335. The molecule has 1 aromatic rings. The summed E-state index contributed by atoms with van der Waals surface area (Å²) in [6.45, 7) is 2.67. The van der Waals surface area contributed by atoms with Gasteiger partial charge in [-0.25, -0.2) is 0 Å². The SMILES string of the molecule is COc1ccc(CN(C)C)cc1NCC1CCCO1. The van der Waals surface area contributed by atoms with Gasteiger partial charge in [-0.3, -0.25) is 0 Å². The van der Waals surface area contributed by atoms with Crippen molar-refractivity contribution in [1.29, 1.82) is 0 Å². The summed E-state index contributed by atoms with van der Waals surface area (Å²) in [7, 11) is 5.85. The number of rotatable bonds is 6. The van der Waals surface area contributed by atoms with Crippen molar-refractivity contribution in [3.63, 3.8) is 0 Å². The van der Waals surface area contributed by atoms with Crippen LogP contribution in [0.15, 0.2) is 18.2 Å². The fourth-order valence-electron chi connectivity index (χ4n) is 2.39. The fraction of sp³-hybridized carbons (Fsp3) is 0.600. The summed E-state index contributed by atoms with van der Waals surface area (Å²) < 4.78 is 11.0. The Labute approximate surface area is 115 Å². The predicted molar refractivity (Wildman–Crippen MR) is 77.8 cm³/mol. The van der Waals surface area contributed by atoms with Crippen LogP contribution in [0.5, 0.6) is 5.75 Å². The van der Waals surface area contributed by atoms with E-state index in [2.05, 4.69) is 36.4 Å². The topological polar surface area (TPSA) is 33.7 Å². The second-order valence-electron chi connectivity index (χ2n) is 5.29. The molecule has 2 rings (SSSR count). The normalized spacial score (nSPS) is 18.8. The van der Waals surface area contributed by atoms with E-state index in [1.54, 1.807) is 7.11 Å². The van der Waals surface area contributed by atoms with Gasteiger partial charge >= 0.3 is 0 Å². The van der Waals surface area contributed by atoms with Gasteiger partial charge in [0, 0.05) is 19.7 Å². The molecule has 4 nitrogen and oxygen atoms in total. The third-order valence-corrected chi connectivity index (χ3v) is 3.31. The van der Waals surface area contributed by atoms with E-state index in [0.717, 1.165) is 37.6 Å². The monoisotopic (exact) mass is 264 g/mol. The summed E-state index contributed by atoms with van der Waals surface area (Å²) in [5.74, 6) is 0.889. The van der Waals surface area contributed by atoms with Crippen LogP contribution in [0.4, 0.5) is 5.69 Å². The van der Waals surface area contributed by atoms with Crippen molar-refractivity contribution in [2.24, 2.45) is 0 Å². The number of methoxy groups -OCH3 is 1. The molecule has 1 aliphatic rings. The lowest BCUT2D eigenvalue weighted by molar-refractivity contribution is 0.120. The van der Waals surface area contributed by atoms with Crippen LogP contribution in [-0.4, -0.2) is 45.4 Å². The standard InChI is InChI=1S/C15H24N2O2/c1-17(2)11-12-6-7-15(18-3)14(9-12)16-10-13-5-4-8-19-13/h6-7,9,13,16H,4-5,8,10-11H2,1-3H3. The molecular formula is C15H24N2O2. The van der Waals surface area contributed by atoms with Crippen molar-refractivity contribution < 1.29 is 9.47 Å². The van der Waals surface area contributed by atoms with Crippen LogP contribution in [0, 0.1) is 0 Å². The first kappa shape index (κ1) is 14.2. The van der Waals surface area contributed by atoms with Crippen molar-refractivity contribution in [3.8, 4) is 5.75 Å². The van der Waals surface area contributed by atoms with Gasteiger partial charge in [-0.2, -0.15) is 0 Å². The molecule has 0 amide bonds. The smallest absolute Gasteiger partial charge is 0.141 e. The van der Waals surface area contributed by atoms with Crippen LogP contribution >= 0.6 is 0 Å². The van der Waals surface area contributed by atoms with E-state index in [4.69, 9.17) is 9.47 Å². The average molecular weight is 264 g/mol. The molecule has 1 atom stereocenters. The van der Waals surface area contributed by atoms with Gasteiger partial charge in [-0.15, -0.1) is 0 Å². The van der Waals surface area contributed by atoms with Crippen molar-refractivity contribution in [2.75, 3.05) is 39.7 Å². The van der Waals surface area contributed by atoms with Crippen molar-refractivity contribution in [3.05, 3.63) is 23.8 Å². The number of benzene rings is 1. The highest BCUT2D eigenvalue weighted by molar-refractivity contribution is 5.58. The van der Waals surface area contributed by atoms with E-state index in [9.17, 15) is 0 Å². The number of hydrogen-bond acceptors (Lipinski definition) is 4. The molecule has 4 heteroatoms. The minimum absolute atomic E-state index is 0.335. The molecule has 0 radical (unpaired) electrons. The quantitative estimate of drug-likeness (QED) is 0.855. The van der Waals surface area contributed by atoms with Gasteiger partial charge in [0.1, 0.15) is 5.75 Å². The first-order chi connectivity index (χ1) is 9.19. The Balaban J connectivity index is 2.02. The van der Waals surface area contributed by atoms with Crippen molar-refractivity contribution >= 4 is 5.69 Å². The maximum absolute atomic E-state index is 5.63. The lowest BCUT2D eigenvalue weighted by atomic mass is 10.1. The highest BCUT2D eigenvalue weighted by Gasteiger charge is 2.15. The maximum Gasteiger partial charge on any atom is 0.141 e. The number of ether oxygens (including phenoxy) is 2. The van der Waals surface area contributed by atoms with E-state index in [1.165, 1.54) is 12.0 Å². The molecule has 1 aliphatic heterocycles. The molecule has 106 valence electrons. The minimum Gasteiger partial charge on any atom is -0.495 e. The Hall–Kier alpha value is -1.26. The van der Waals surface area contributed by atoms with Gasteiger partial charge in [-0.05, 0) is 44.6 Å². The molecule has 0 bridgehead atoms. The Kier molecular flexibility index (Phi) is 5.05. The summed E-state index contributed by atoms with van der Waals surface area (Å²) in [5, 5.41) is 3.45. The summed E-state index contributed by atoms with van der Waals surface area (Å²) in [4.78, 5) is 2.16. The summed E-state index contributed by atoms with van der Waals surface area (Å²) in [6.07, 6.45) is 2.65. The zero-order valence-corrected chi connectivity index (χ0v) is 12.1. The molecule has 0 aliphatic carbocycles. The molecule has 1 N–H and O–H groups in total. The lowest BCUT2D eigenvalue weighted by Crippen LogP contribution is -2.19.